The van der Waals surface area contributed by atoms with Crippen LogP contribution in [0.1, 0.15) is 53.4 Å². The molecule has 0 saturated heterocycles. The molecule has 5 heteroatoms. The van der Waals surface area contributed by atoms with Crippen LogP contribution in [0.4, 0.5) is 0 Å². The Morgan fingerprint density at radius 2 is 1.42 bits per heavy atom. The van der Waals surface area contributed by atoms with Gasteiger partial charge in [-0.3, -0.25) is 4.79 Å². The first-order valence-electron chi connectivity index (χ1n) is 7.03. The van der Waals surface area contributed by atoms with E-state index in [-0.39, 0.29) is 19.2 Å². The average Bonchev–Trinajstić information content (AvgIpc) is 3.26. The monoisotopic (exact) mass is 280 g/mol. The van der Waals surface area contributed by atoms with Crippen molar-refractivity contribution in [1.29, 1.82) is 0 Å². The predicted octanol–water partition coefficient (Wildman–Crippen LogP) is 2.14. The molecule has 5 nitrogen and oxygen atoms in total. The third-order valence-corrected chi connectivity index (χ3v) is 1.37. The van der Waals surface area contributed by atoms with Crippen LogP contribution in [0.25, 0.3) is 0 Å². The molecule has 118 valence electrons. The lowest BCUT2D eigenvalue weighted by atomic mass is 10.5. The molecule has 0 bridgehead atoms. The smallest absolute Gasteiger partial charge is 0.302 e. The summed E-state index contributed by atoms with van der Waals surface area (Å²) in [5.41, 5.74) is 0. The Labute approximate surface area is 117 Å². The molecule has 0 unspecified atom stereocenters. The maximum Gasteiger partial charge on any atom is 0.302 e. The van der Waals surface area contributed by atoms with Gasteiger partial charge in [0.2, 0.25) is 0 Å². The van der Waals surface area contributed by atoms with E-state index < -0.39 is 0 Å². The molecule has 0 amide bonds. The van der Waals surface area contributed by atoms with E-state index >= 15 is 0 Å². The molecular weight excluding hydrogens is 248 g/mol. The highest BCUT2D eigenvalue weighted by Crippen LogP contribution is 2.14. The normalized spacial score (nSPS) is 10.6. The fourth-order valence-corrected chi connectivity index (χ4v) is 0.450. The number of rotatable bonds is 5. The van der Waals surface area contributed by atoms with Gasteiger partial charge >= 0.3 is 5.97 Å². The Balaban J connectivity index is -0.000000188. The van der Waals surface area contributed by atoms with E-state index in [4.69, 9.17) is 14.9 Å². The maximum absolute atomic E-state index is 9.98. The molecule has 1 aliphatic rings. The summed E-state index contributed by atoms with van der Waals surface area (Å²) in [6.45, 7) is 9.34. The van der Waals surface area contributed by atoms with Gasteiger partial charge in [0.1, 0.15) is 0 Å². The molecule has 0 radical (unpaired) electrons. The molecule has 0 atom stereocenters. The van der Waals surface area contributed by atoms with Gasteiger partial charge in [-0.15, -0.1) is 0 Å². The van der Waals surface area contributed by atoms with Crippen molar-refractivity contribution in [3.8, 4) is 0 Å². The van der Waals surface area contributed by atoms with Gasteiger partial charge in [-0.05, 0) is 20.3 Å². The lowest BCUT2D eigenvalue weighted by molar-refractivity contribution is -0.140. The van der Waals surface area contributed by atoms with Crippen LogP contribution < -0.4 is 0 Å². The van der Waals surface area contributed by atoms with Gasteiger partial charge in [0.25, 0.3) is 0 Å². The number of carbonyl (C=O) groups excluding carboxylic acids is 1. The number of aliphatic hydroxyl groups is 2. The highest BCUT2D eigenvalue weighted by molar-refractivity contribution is 5.65. The van der Waals surface area contributed by atoms with Crippen LogP contribution in [-0.4, -0.2) is 49.2 Å². The van der Waals surface area contributed by atoms with Crippen molar-refractivity contribution in [2.45, 2.75) is 53.4 Å². The molecule has 19 heavy (non-hydrogen) atoms. The van der Waals surface area contributed by atoms with Crippen LogP contribution in [0, 0.1) is 0 Å². The van der Waals surface area contributed by atoms with E-state index in [1.807, 2.05) is 20.8 Å². The molecule has 1 aliphatic carbocycles. The van der Waals surface area contributed by atoms with Crippen LogP contribution in [0.3, 0.4) is 0 Å². The average molecular weight is 280 g/mol. The lowest BCUT2D eigenvalue weighted by Crippen LogP contribution is -1.98. The topological polar surface area (TPSA) is 76.0 Å². The Hall–Kier alpha value is -0.650. The molecule has 0 spiro atoms. The largest absolute Gasteiger partial charge is 0.466 e. The Kier molecular flexibility index (Phi) is 32.1. The minimum Gasteiger partial charge on any atom is -0.466 e. The molecule has 0 aromatic carbocycles. The third-order valence-electron chi connectivity index (χ3n) is 1.37. The summed E-state index contributed by atoms with van der Waals surface area (Å²) in [6, 6.07) is 0. The Morgan fingerprint density at radius 3 is 1.47 bits per heavy atom. The number of hydrogen-bond donors (Lipinski definition) is 2. The number of ether oxygens (including phenoxy) is 2. The first-order chi connectivity index (χ1) is 9.10. The second kappa shape index (κ2) is 26.0. The molecule has 0 aliphatic heterocycles. The summed E-state index contributed by atoms with van der Waals surface area (Å²) in [7, 11) is 0. The van der Waals surface area contributed by atoms with Crippen LogP contribution >= 0.6 is 0 Å². The van der Waals surface area contributed by atoms with E-state index in [9.17, 15) is 4.79 Å². The van der Waals surface area contributed by atoms with Crippen molar-refractivity contribution < 1.29 is 24.5 Å². The van der Waals surface area contributed by atoms with Crippen molar-refractivity contribution in [2.24, 2.45) is 0 Å². The van der Waals surface area contributed by atoms with Crippen molar-refractivity contribution in [3.63, 3.8) is 0 Å². The van der Waals surface area contributed by atoms with Crippen LogP contribution in [0.2, 0.25) is 0 Å². The van der Waals surface area contributed by atoms with Gasteiger partial charge in [-0.2, -0.15) is 0 Å². The second-order valence-corrected chi connectivity index (χ2v) is 3.63. The number of hydrogen-bond acceptors (Lipinski definition) is 5. The fraction of sp³-hybridized carbons (Fsp3) is 0.929. The molecule has 0 heterocycles. The zero-order valence-electron chi connectivity index (χ0n) is 13.0. The molecule has 0 aromatic rings. The Morgan fingerprint density at radius 1 is 1.00 bits per heavy atom. The fourth-order valence-electron chi connectivity index (χ4n) is 0.450. The molecule has 1 saturated carbocycles. The summed E-state index contributed by atoms with van der Waals surface area (Å²) >= 11 is 0. The van der Waals surface area contributed by atoms with Crippen molar-refractivity contribution in [3.05, 3.63) is 0 Å². The minimum atomic E-state index is -0.193. The van der Waals surface area contributed by atoms with Crippen LogP contribution in [-0.2, 0) is 14.3 Å². The SMILES string of the molecule is C1CC1.CCCOC(C)=O.CCOCC.OCCO. The van der Waals surface area contributed by atoms with E-state index in [1.165, 1.54) is 26.2 Å². The number of aliphatic hydroxyl groups excluding tert-OH is 2. The molecule has 0 aromatic heterocycles. The molecule has 2 N–H and O–H groups in total. The van der Waals surface area contributed by atoms with E-state index in [1.54, 1.807) is 0 Å². The summed E-state index contributed by atoms with van der Waals surface area (Å²) in [4.78, 5) is 9.98. The van der Waals surface area contributed by atoms with E-state index in [0.29, 0.717) is 6.61 Å². The van der Waals surface area contributed by atoms with Crippen LogP contribution in [0.15, 0.2) is 0 Å². The zero-order valence-corrected chi connectivity index (χ0v) is 13.0. The zero-order chi connectivity index (χ0) is 15.4. The van der Waals surface area contributed by atoms with E-state index in [2.05, 4.69) is 4.74 Å². The van der Waals surface area contributed by atoms with E-state index in [0.717, 1.165) is 19.6 Å². The van der Waals surface area contributed by atoms with Gasteiger partial charge < -0.3 is 19.7 Å². The van der Waals surface area contributed by atoms with Crippen molar-refractivity contribution in [1.82, 2.24) is 0 Å². The van der Waals surface area contributed by atoms with Gasteiger partial charge in [0.15, 0.2) is 0 Å². The van der Waals surface area contributed by atoms with Crippen molar-refractivity contribution >= 4 is 5.97 Å². The standard InChI is InChI=1S/C5H10O2.C4H10O.C3H6.C2H6O2/c1-3-4-7-5(2)6;1-3-5-4-2;1-2-3-1;3-1-2-4/h3-4H2,1-2H3;3-4H2,1-2H3;1-3H2;3-4H,1-2H2. The highest BCUT2D eigenvalue weighted by Gasteiger charge is 1.95. The number of carbonyl (C=O) groups is 1. The first kappa shape index (κ1) is 23.4. The minimum absolute atomic E-state index is 0.125. The lowest BCUT2D eigenvalue weighted by Gasteiger charge is -1.93. The summed E-state index contributed by atoms with van der Waals surface area (Å²) in [5, 5.41) is 15.2. The third kappa shape index (κ3) is 75.7. The molecule has 1 fully saturated rings. The maximum atomic E-state index is 9.98. The molecule has 1 rings (SSSR count). The quantitative estimate of drug-likeness (QED) is 0.755. The predicted molar refractivity (Wildman–Crippen MR) is 77.1 cm³/mol. The van der Waals surface area contributed by atoms with Gasteiger partial charge in [0.05, 0.1) is 19.8 Å². The highest BCUT2D eigenvalue weighted by atomic mass is 16.5. The van der Waals surface area contributed by atoms with Gasteiger partial charge in [-0.25, -0.2) is 0 Å². The molecular formula is C14H32O5. The summed E-state index contributed by atoms with van der Waals surface area (Å²) in [5.74, 6) is -0.193. The number of esters is 1. The summed E-state index contributed by atoms with van der Waals surface area (Å²) < 4.78 is 9.39. The summed E-state index contributed by atoms with van der Waals surface area (Å²) in [6.07, 6.45) is 5.40. The van der Waals surface area contributed by atoms with Gasteiger partial charge in [-0.1, -0.05) is 26.2 Å². The first-order valence-corrected chi connectivity index (χ1v) is 7.03. The van der Waals surface area contributed by atoms with Crippen LogP contribution in [0.5, 0.6) is 0 Å². The Bertz CT molecular complexity index is 142. The second-order valence-electron chi connectivity index (χ2n) is 3.63. The van der Waals surface area contributed by atoms with Crippen molar-refractivity contribution in [2.75, 3.05) is 33.0 Å². The van der Waals surface area contributed by atoms with Gasteiger partial charge in [0, 0.05) is 20.1 Å².